The highest BCUT2D eigenvalue weighted by atomic mass is 19.4. The van der Waals surface area contributed by atoms with E-state index in [-0.39, 0.29) is 18.3 Å². The maximum absolute atomic E-state index is 12.0. The lowest BCUT2D eigenvalue weighted by Crippen LogP contribution is -2.23. The summed E-state index contributed by atoms with van der Waals surface area (Å²) in [5.41, 5.74) is -1.58. The van der Waals surface area contributed by atoms with Gasteiger partial charge in [-0.1, -0.05) is 6.58 Å². The molecule has 1 unspecified atom stereocenters. The fourth-order valence-electron chi connectivity index (χ4n) is 1.31. The first kappa shape index (κ1) is 13.7. The van der Waals surface area contributed by atoms with Crippen LogP contribution in [0.4, 0.5) is 13.2 Å². The summed E-state index contributed by atoms with van der Waals surface area (Å²) in [4.78, 5) is 21.7. The van der Waals surface area contributed by atoms with E-state index in [4.69, 9.17) is 4.74 Å². The van der Waals surface area contributed by atoms with Gasteiger partial charge in [-0.25, -0.2) is 4.79 Å². The van der Waals surface area contributed by atoms with Crippen molar-refractivity contribution in [1.82, 2.24) is 0 Å². The molecule has 0 bridgehead atoms. The highest BCUT2D eigenvalue weighted by Gasteiger charge is 2.38. The highest BCUT2D eigenvalue weighted by molar-refractivity contribution is 5.89. The van der Waals surface area contributed by atoms with E-state index in [1.807, 2.05) is 0 Å². The molecule has 0 aromatic rings. The molecule has 0 radical (unpaired) electrons. The molecular weight excluding hydrogens is 241 g/mol. The van der Waals surface area contributed by atoms with Crippen LogP contribution in [0.2, 0.25) is 0 Å². The molecule has 1 aliphatic carbocycles. The summed E-state index contributed by atoms with van der Waals surface area (Å²) < 4.78 is 45.1. The van der Waals surface area contributed by atoms with Gasteiger partial charge in [-0.05, 0) is 6.42 Å². The molecule has 1 saturated carbocycles. The highest BCUT2D eigenvalue weighted by Crippen LogP contribution is 2.25. The Morgan fingerprint density at radius 2 is 2.12 bits per heavy atom. The van der Waals surface area contributed by atoms with Crippen LogP contribution in [0.3, 0.4) is 0 Å². The summed E-state index contributed by atoms with van der Waals surface area (Å²) in [5.74, 6) is -1.54. The topological polar surface area (TPSA) is 52.6 Å². The smallest absolute Gasteiger partial charge is 0.422 e. The Kier molecular flexibility index (Phi) is 4.28. The fraction of sp³-hybridized carbons (Fsp3) is 0.600. The molecule has 1 rings (SSSR count). The molecule has 0 spiro atoms. The third-order valence-corrected chi connectivity index (χ3v) is 2.28. The number of ketones is 1. The third-order valence-electron chi connectivity index (χ3n) is 2.28. The normalized spacial score (nSPS) is 20.4. The minimum atomic E-state index is -4.81. The molecule has 0 heterocycles. The number of carbonyl (C=O) groups is 2. The summed E-state index contributed by atoms with van der Waals surface area (Å²) in [6.07, 6.45) is -4.10. The van der Waals surface area contributed by atoms with Gasteiger partial charge in [0.2, 0.25) is 0 Å². The number of esters is 1. The zero-order chi connectivity index (χ0) is 13.1. The zero-order valence-electron chi connectivity index (χ0n) is 8.88. The Morgan fingerprint density at radius 3 is 2.59 bits per heavy atom. The van der Waals surface area contributed by atoms with Gasteiger partial charge >= 0.3 is 12.1 Å². The molecule has 4 nitrogen and oxygen atoms in total. The van der Waals surface area contributed by atoms with Crippen LogP contribution < -0.4 is 0 Å². The first-order chi connectivity index (χ1) is 7.80. The van der Waals surface area contributed by atoms with Gasteiger partial charge in [-0.15, -0.1) is 0 Å². The molecule has 1 fully saturated rings. The van der Waals surface area contributed by atoms with Crippen LogP contribution in [0.1, 0.15) is 19.3 Å². The molecule has 0 N–H and O–H groups in total. The quantitative estimate of drug-likeness (QED) is 0.434. The van der Waals surface area contributed by atoms with Gasteiger partial charge in [-0.3, -0.25) is 4.79 Å². The first-order valence-corrected chi connectivity index (χ1v) is 4.87. The molecule has 0 aliphatic heterocycles. The Morgan fingerprint density at radius 1 is 1.47 bits per heavy atom. The van der Waals surface area contributed by atoms with Crippen LogP contribution in [-0.2, 0) is 19.1 Å². The Hall–Kier alpha value is -1.37. The van der Waals surface area contributed by atoms with Crippen molar-refractivity contribution in [3.63, 3.8) is 0 Å². The number of Topliss-reactive ketones (excluding diaryl/α,β-unsaturated/α-hetero) is 1. The van der Waals surface area contributed by atoms with Crippen molar-refractivity contribution in [2.45, 2.75) is 31.5 Å². The Labute approximate surface area is 95.4 Å². The maximum atomic E-state index is 12.0. The summed E-state index contributed by atoms with van der Waals surface area (Å²) in [5, 5.41) is 0. The summed E-state index contributed by atoms with van der Waals surface area (Å²) in [7, 11) is 0. The van der Waals surface area contributed by atoms with Gasteiger partial charge in [0.15, 0.2) is 6.79 Å². The lowest BCUT2D eigenvalue weighted by Gasteiger charge is -2.12. The summed E-state index contributed by atoms with van der Waals surface area (Å²) in [6.45, 7) is 1.97. The maximum Gasteiger partial charge on any atom is 0.422 e. The largest absolute Gasteiger partial charge is 0.435 e. The van der Waals surface area contributed by atoms with Crippen molar-refractivity contribution >= 4 is 11.8 Å². The second-order valence-corrected chi connectivity index (χ2v) is 3.60. The van der Waals surface area contributed by atoms with Crippen molar-refractivity contribution in [3.05, 3.63) is 12.2 Å². The van der Waals surface area contributed by atoms with E-state index in [1.54, 1.807) is 0 Å². The average molecular weight is 252 g/mol. The van der Waals surface area contributed by atoms with E-state index in [1.165, 1.54) is 0 Å². The van der Waals surface area contributed by atoms with E-state index >= 15 is 0 Å². The van der Waals surface area contributed by atoms with E-state index in [9.17, 15) is 22.8 Å². The van der Waals surface area contributed by atoms with E-state index in [0.29, 0.717) is 12.8 Å². The molecule has 0 saturated heterocycles. The van der Waals surface area contributed by atoms with Gasteiger partial charge in [0.05, 0.1) is 6.10 Å². The summed E-state index contributed by atoms with van der Waals surface area (Å²) >= 11 is 0. The Bertz CT molecular complexity index is 335. The van der Waals surface area contributed by atoms with Crippen molar-refractivity contribution < 1.29 is 32.2 Å². The number of hydrogen-bond donors (Lipinski definition) is 0. The van der Waals surface area contributed by atoms with Gasteiger partial charge in [0.25, 0.3) is 0 Å². The second kappa shape index (κ2) is 5.31. The molecule has 1 atom stereocenters. The zero-order valence-corrected chi connectivity index (χ0v) is 8.88. The number of halogens is 3. The van der Waals surface area contributed by atoms with Gasteiger partial charge < -0.3 is 9.47 Å². The van der Waals surface area contributed by atoms with Crippen LogP contribution >= 0.6 is 0 Å². The van der Waals surface area contributed by atoms with Crippen LogP contribution in [0.25, 0.3) is 0 Å². The molecule has 0 aromatic carbocycles. The molecule has 7 heteroatoms. The van der Waals surface area contributed by atoms with Crippen molar-refractivity contribution in [1.29, 1.82) is 0 Å². The third kappa shape index (κ3) is 4.18. The Balaban J connectivity index is 2.25. The number of alkyl halides is 3. The standard InChI is InChI=1S/C10H11F3O4/c1-6(10(11,12)13)9(15)17-5-16-8-3-2-7(14)4-8/h8H,1-5H2. The molecule has 1 aliphatic rings. The molecule has 96 valence electrons. The van der Waals surface area contributed by atoms with Gasteiger partial charge in [0.1, 0.15) is 11.4 Å². The molecule has 17 heavy (non-hydrogen) atoms. The van der Waals surface area contributed by atoms with Crippen molar-refractivity contribution in [2.75, 3.05) is 6.79 Å². The second-order valence-electron chi connectivity index (χ2n) is 3.60. The van der Waals surface area contributed by atoms with E-state index < -0.39 is 24.5 Å². The van der Waals surface area contributed by atoms with Crippen LogP contribution in [0.5, 0.6) is 0 Å². The van der Waals surface area contributed by atoms with Gasteiger partial charge in [-0.2, -0.15) is 13.2 Å². The predicted molar refractivity (Wildman–Crippen MR) is 49.9 cm³/mol. The van der Waals surface area contributed by atoms with Crippen LogP contribution in [0, 0.1) is 0 Å². The van der Waals surface area contributed by atoms with E-state index in [2.05, 4.69) is 11.3 Å². The SMILES string of the molecule is C=C(C(=O)OCOC1CCC(=O)C1)C(F)(F)F. The number of rotatable bonds is 4. The van der Waals surface area contributed by atoms with Gasteiger partial charge in [0, 0.05) is 12.8 Å². The monoisotopic (exact) mass is 252 g/mol. The first-order valence-electron chi connectivity index (χ1n) is 4.87. The lowest BCUT2D eigenvalue weighted by molar-refractivity contribution is -0.165. The van der Waals surface area contributed by atoms with Crippen molar-refractivity contribution in [2.24, 2.45) is 0 Å². The minimum absolute atomic E-state index is 0.0287. The number of carbonyl (C=O) groups excluding carboxylic acids is 2. The summed E-state index contributed by atoms with van der Waals surface area (Å²) in [6, 6.07) is 0. The minimum Gasteiger partial charge on any atom is -0.435 e. The number of ether oxygens (including phenoxy) is 2. The molecule has 0 amide bonds. The average Bonchev–Trinajstić information content (AvgIpc) is 2.61. The van der Waals surface area contributed by atoms with E-state index in [0.717, 1.165) is 0 Å². The molecular formula is C10H11F3O4. The lowest BCUT2D eigenvalue weighted by atomic mass is 10.3. The van der Waals surface area contributed by atoms with Crippen LogP contribution in [0.15, 0.2) is 12.2 Å². The fourth-order valence-corrected chi connectivity index (χ4v) is 1.31. The molecule has 0 aromatic heterocycles. The van der Waals surface area contributed by atoms with Crippen LogP contribution in [-0.4, -0.2) is 30.8 Å². The van der Waals surface area contributed by atoms with Crippen molar-refractivity contribution in [3.8, 4) is 0 Å². The predicted octanol–water partition coefficient (Wildman–Crippen LogP) is 1.74. The number of hydrogen-bond acceptors (Lipinski definition) is 4.